The van der Waals surface area contributed by atoms with Crippen molar-refractivity contribution in [2.75, 3.05) is 11.9 Å². The maximum atomic E-state index is 6.06. The predicted molar refractivity (Wildman–Crippen MR) is 60.7 cm³/mol. The zero-order valence-corrected chi connectivity index (χ0v) is 9.52. The van der Waals surface area contributed by atoms with Gasteiger partial charge in [0.05, 0.1) is 16.4 Å². The van der Waals surface area contributed by atoms with E-state index in [1.54, 1.807) is 6.20 Å². The monoisotopic (exact) mass is 213 g/mol. The number of rotatable bonds is 3. The molecule has 0 bridgehead atoms. The van der Waals surface area contributed by atoms with Gasteiger partial charge in [-0.05, 0) is 26.8 Å². The summed E-state index contributed by atoms with van der Waals surface area (Å²) in [6, 6.07) is 1.85. The topological polar surface area (TPSA) is 50.9 Å². The number of nitrogens with two attached hydrogens (primary N) is 1. The SMILES string of the molecule is Cc1nccc(NCC(C)(C)N)c1Cl. The van der Waals surface area contributed by atoms with E-state index in [0.29, 0.717) is 11.6 Å². The molecule has 0 saturated carbocycles. The Morgan fingerprint density at radius 1 is 1.57 bits per heavy atom. The Morgan fingerprint density at radius 2 is 2.21 bits per heavy atom. The summed E-state index contributed by atoms with van der Waals surface area (Å²) in [5, 5.41) is 3.86. The fourth-order valence-electron chi connectivity index (χ4n) is 1.01. The zero-order valence-electron chi connectivity index (χ0n) is 8.76. The lowest BCUT2D eigenvalue weighted by atomic mass is 10.1. The molecule has 1 heterocycles. The first-order valence-electron chi connectivity index (χ1n) is 4.54. The molecule has 14 heavy (non-hydrogen) atoms. The van der Waals surface area contributed by atoms with Crippen LogP contribution in [-0.4, -0.2) is 17.1 Å². The van der Waals surface area contributed by atoms with Crippen molar-refractivity contribution in [3.05, 3.63) is 23.0 Å². The highest BCUT2D eigenvalue weighted by molar-refractivity contribution is 6.33. The fourth-order valence-corrected chi connectivity index (χ4v) is 1.19. The van der Waals surface area contributed by atoms with Gasteiger partial charge in [0.1, 0.15) is 0 Å². The third kappa shape index (κ3) is 3.16. The Morgan fingerprint density at radius 3 is 2.79 bits per heavy atom. The van der Waals surface area contributed by atoms with Gasteiger partial charge in [0.25, 0.3) is 0 Å². The first kappa shape index (κ1) is 11.3. The van der Waals surface area contributed by atoms with Gasteiger partial charge in [0.2, 0.25) is 0 Å². The molecule has 0 amide bonds. The van der Waals surface area contributed by atoms with Crippen LogP contribution < -0.4 is 11.1 Å². The fraction of sp³-hybridized carbons (Fsp3) is 0.500. The van der Waals surface area contributed by atoms with E-state index in [1.807, 2.05) is 26.8 Å². The summed E-state index contributed by atoms with van der Waals surface area (Å²) in [6.07, 6.45) is 1.73. The van der Waals surface area contributed by atoms with E-state index < -0.39 is 0 Å². The molecular formula is C10H16ClN3. The number of hydrogen-bond donors (Lipinski definition) is 2. The first-order chi connectivity index (χ1) is 6.40. The second-order valence-electron chi connectivity index (χ2n) is 4.10. The van der Waals surface area contributed by atoms with Crippen LogP contribution in [0.1, 0.15) is 19.5 Å². The number of nitrogens with one attached hydrogen (secondary N) is 1. The van der Waals surface area contributed by atoms with Gasteiger partial charge >= 0.3 is 0 Å². The van der Waals surface area contributed by atoms with Crippen LogP contribution in [0.3, 0.4) is 0 Å². The molecule has 0 aliphatic heterocycles. The number of nitrogens with zero attached hydrogens (tertiary/aromatic N) is 1. The van der Waals surface area contributed by atoms with Gasteiger partial charge in [0, 0.05) is 18.3 Å². The third-order valence-electron chi connectivity index (χ3n) is 1.80. The maximum Gasteiger partial charge on any atom is 0.0849 e. The molecule has 0 aliphatic rings. The Kier molecular flexibility index (Phi) is 3.34. The van der Waals surface area contributed by atoms with Crippen LogP contribution in [0.2, 0.25) is 5.02 Å². The lowest BCUT2D eigenvalue weighted by Gasteiger charge is -2.20. The minimum Gasteiger partial charge on any atom is -0.382 e. The van der Waals surface area contributed by atoms with Gasteiger partial charge in [-0.15, -0.1) is 0 Å². The Bertz CT molecular complexity index is 318. The number of pyridine rings is 1. The van der Waals surface area contributed by atoms with Gasteiger partial charge in [-0.3, -0.25) is 4.98 Å². The smallest absolute Gasteiger partial charge is 0.0849 e. The van der Waals surface area contributed by atoms with Crippen LogP contribution in [0, 0.1) is 6.92 Å². The van der Waals surface area contributed by atoms with Crippen LogP contribution in [0.15, 0.2) is 12.3 Å². The summed E-state index contributed by atoms with van der Waals surface area (Å²) in [7, 11) is 0. The lowest BCUT2D eigenvalue weighted by Crippen LogP contribution is -2.39. The van der Waals surface area contributed by atoms with Gasteiger partial charge in [-0.2, -0.15) is 0 Å². The molecule has 0 saturated heterocycles. The molecule has 0 unspecified atom stereocenters. The standard InChI is InChI=1S/C10H16ClN3/c1-7-9(11)8(4-5-13-7)14-6-10(2,3)12/h4-5H,6,12H2,1-3H3,(H,13,14). The molecule has 0 radical (unpaired) electrons. The maximum absolute atomic E-state index is 6.06. The number of hydrogen-bond acceptors (Lipinski definition) is 3. The average molecular weight is 214 g/mol. The highest BCUT2D eigenvalue weighted by atomic mass is 35.5. The van der Waals surface area contributed by atoms with Crippen LogP contribution >= 0.6 is 11.6 Å². The Hall–Kier alpha value is -0.800. The highest BCUT2D eigenvalue weighted by Gasteiger charge is 2.11. The van der Waals surface area contributed by atoms with E-state index >= 15 is 0 Å². The van der Waals surface area contributed by atoms with Crippen molar-refractivity contribution in [1.29, 1.82) is 0 Å². The van der Waals surface area contributed by atoms with E-state index in [2.05, 4.69) is 10.3 Å². The minimum atomic E-state index is -0.250. The van der Waals surface area contributed by atoms with Crippen molar-refractivity contribution in [3.8, 4) is 0 Å². The summed E-state index contributed by atoms with van der Waals surface area (Å²) in [5.74, 6) is 0. The van der Waals surface area contributed by atoms with Gasteiger partial charge in [-0.25, -0.2) is 0 Å². The number of aromatic nitrogens is 1. The molecule has 78 valence electrons. The highest BCUT2D eigenvalue weighted by Crippen LogP contribution is 2.23. The summed E-state index contributed by atoms with van der Waals surface area (Å²) in [6.45, 7) is 6.47. The number of halogens is 1. The van der Waals surface area contributed by atoms with Crippen molar-refractivity contribution in [1.82, 2.24) is 4.98 Å². The minimum absolute atomic E-state index is 0.250. The second kappa shape index (κ2) is 4.15. The molecule has 0 aliphatic carbocycles. The molecular weight excluding hydrogens is 198 g/mol. The summed E-state index contributed by atoms with van der Waals surface area (Å²) >= 11 is 6.06. The Labute approximate surface area is 89.7 Å². The molecule has 1 rings (SSSR count). The van der Waals surface area contributed by atoms with E-state index in [-0.39, 0.29) is 5.54 Å². The molecule has 0 atom stereocenters. The molecule has 3 nitrogen and oxygen atoms in total. The lowest BCUT2D eigenvalue weighted by molar-refractivity contribution is 0.549. The van der Waals surface area contributed by atoms with Crippen molar-refractivity contribution in [3.63, 3.8) is 0 Å². The van der Waals surface area contributed by atoms with Crippen molar-refractivity contribution in [2.24, 2.45) is 5.73 Å². The molecule has 4 heteroatoms. The molecule has 1 aromatic heterocycles. The number of anilines is 1. The van der Waals surface area contributed by atoms with E-state index in [4.69, 9.17) is 17.3 Å². The van der Waals surface area contributed by atoms with Crippen molar-refractivity contribution in [2.45, 2.75) is 26.3 Å². The van der Waals surface area contributed by atoms with Crippen molar-refractivity contribution < 1.29 is 0 Å². The Balaban J connectivity index is 2.73. The molecule has 0 fully saturated rings. The predicted octanol–water partition coefficient (Wildman–Crippen LogP) is 2.19. The average Bonchev–Trinajstić information content (AvgIpc) is 2.06. The molecule has 0 aromatic carbocycles. The molecule has 3 N–H and O–H groups in total. The normalized spacial score (nSPS) is 11.5. The van der Waals surface area contributed by atoms with Crippen LogP contribution in [0.25, 0.3) is 0 Å². The second-order valence-corrected chi connectivity index (χ2v) is 4.48. The summed E-state index contributed by atoms with van der Waals surface area (Å²) in [4.78, 5) is 4.08. The first-order valence-corrected chi connectivity index (χ1v) is 4.92. The molecule has 1 aromatic rings. The van der Waals surface area contributed by atoms with E-state index in [0.717, 1.165) is 11.4 Å². The third-order valence-corrected chi connectivity index (χ3v) is 2.28. The summed E-state index contributed by atoms with van der Waals surface area (Å²) < 4.78 is 0. The quantitative estimate of drug-likeness (QED) is 0.810. The van der Waals surface area contributed by atoms with E-state index in [9.17, 15) is 0 Å². The van der Waals surface area contributed by atoms with Gasteiger partial charge in [-0.1, -0.05) is 11.6 Å². The number of aryl methyl sites for hydroxylation is 1. The molecule has 0 spiro atoms. The zero-order chi connectivity index (χ0) is 10.8. The largest absolute Gasteiger partial charge is 0.382 e. The van der Waals surface area contributed by atoms with Crippen LogP contribution in [0.5, 0.6) is 0 Å². The van der Waals surface area contributed by atoms with Crippen LogP contribution in [0.4, 0.5) is 5.69 Å². The van der Waals surface area contributed by atoms with E-state index in [1.165, 1.54) is 0 Å². The summed E-state index contributed by atoms with van der Waals surface area (Å²) in [5.41, 5.74) is 7.31. The van der Waals surface area contributed by atoms with Gasteiger partial charge < -0.3 is 11.1 Å². The van der Waals surface area contributed by atoms with Gasteiger partial charge in [0.15, 0.2) is 0 Å². The van der Waals surface area contributed by atoms with Crippen molar-refractivity contribution >= 4 is 17.3 Å². The van der Waals surface area contributed by atoms with Crippen LogP contribution in [-0.2, 0) is 0 Å².